The summed E-state index contributed by atoms with van der Waals surface area (Å²) in [6.07, 6.45) is 6.37. The van der Waals surface area contributed by atoms with Gasteiger partial charge in [0.15, 0.2) is 0 Å². The Balaban J connectivity index is 1.75. The first-order valence-electron chi connectivity index (χ1n) is 7.65. The molecule has 0 aliphatic carbocycles. The third-order valence-electron chi connectivity index (χ3n) is 3.99. The van der Waals surface area contributed by atoms with Crippen LogP contribution >= 0.6 is 0 Å². The first-order chi connectivity index (χ1) is 10.1. The lowest BCUT2D eigenvalue weighted by atomic mass is 9.97. The molecule has 1 aliphatic heterocycles. The number of rotatable bonds is 7. The van der Waals surface area contributed by atoms with E-state index in [9.17, 15) is 4.79 Å². The van der Waals surface area contributed by atoms with Crippen molar-refractivity contribution in [3.63, 3.8) is 0 Å². The van der Waals surface area contributed by atoms with Gasteiger partial charge in [-0.3, -0.25) is 9.78 Å². The van der Waals surface area contributed by atoms with E-state index in [1.807, 2.05) is 12.3 Å². The monoisotopic (exact) mass is 291 g/mol. The van der Waals surface area contributed by atoms with Gasteiger partial charge in [0.1, 0.15) is 0 Å². The fourth-order valence-corrected chi connectivity index (χ4v) is 3.07. The van der Waals surface area contributed by atoms with Crippen LogP contribution in [0.4, 0.5) is 0 Å². The third kappa shape index (κ3) is 5.81. The van der Waals surface area contributed by atoms with Crippen molar-refractivity contribution >= 4 is 5.97 Å². The molecular formula is C16H25N3O2. The molecule has 0 saturated carbocycles. The van der Waals surface area contributed by atoms with Crippen molar-refractivity contribution in [1.82, 2.24) is 14.8 Å². The summed E-state index contributed by atoms with van der Waals surface area (Å²) in [6.45, 7) is 4.71. The largest absolute Gasteiger partial charge is 0.481 e. The van der Waals surface area contributed by atoms with Gasteiger partial charge in [0.05, 0.1) is 6.42 Å². The highest BCUT2D eigenvalue weighted by molar-refractivity contribution is 5.66. The molecule has 2 rings (SSSR count). The van der Waals surface area contributed by atoms with Crippen molar-refractivity contribution in [3.8, 4) is 0 Å². The maximum atomic E-state index is 10.7. The molecule has 5 heteroatoms. The Hall–Kier alpha value is -1.46. The fourth-order valence-electron chi connectivity index (χ4n) is 3.07. The van der Waals surface area contributed by atoms with E-state index in [1.165, 1.54) is 18.4 Å². The van der Waals surface area contributed by atoms with Crippen molar-refractivity contribution < 1.29 is 9.90 Å². The van der Waals surface area contributed by atoms with Crippen molar-refractivity contribution in [3.05, 3.63) is 30.1 Å². The molecular weight excluding hydrogens is 266 g/mol. The van der Waals surface area contributed by atoms with Crippen LogP contribution in [0.5, 0.6) is 0 Å². The van der Waals surface area contributed by atoms with E-state index in [-0.39, 0.29) is 6.42 Å². The first-order valence-corrected chi connectivity index (χ1v) is 7.65. The van der Waals surface area contributed by atoms with Gasteiger partial charge in [0.2, 0.25) is 0 Å². The zero-order valence-electron chi connectivity index (χ0n) is 12.7. The molecule has 1 N–H and O–H groups in total. The van der Waals surface area contributed by atoms with Gasteiger partial charge in [0.25, 0.3) is 0 Å². The van der Waals surface area contributed by atoms with Crippen LogP contribution in [-0.2, 0) is 11.3 Å². The van der Waals surface area contributed by atoms with E-state index >= 15 is 0 Å². The molecule has 0 unspecified atom stereocenters. The molecule has 116 valence electrons. The molecule has 1 fully saturated rings. The molecule has 2 heterocycles. The van der Waals surface area contributed by atoms with Crippen LogP contribution in [0, 0.1) is 5.92 Å². The highest BCUT2D eigenvalue weighted by Gasteiger charge is 2.21. The molecule has 1 atom stereocenters. The van der Waals surface area contributed by atoms with Gasteiger partial charge in [-0.05, 0) is 44.0 Å². The Labute approximate surface area is 126 Å². The Morgan fingerprint density at radius 3 is 3.14 bits per heavy atom. The molecule has 1 saturated heterocycles. The second-order valence-electron chi connectivity index (χ2n) is 6.01. The van der Waals surface area contributed by atoms with E-state index in [0.29, 0.717) is 12.5 Å². The number of carboxylic acids is 1. The summed E-state index contributed by atoms with van der Waals surface area (Å²) in [7, 11) is 2.14. The number of aliphatic carboxylic acids is 1. The number of nitrogens with zero attached hydrogens (tertiary/aromatic N) is 3. The van der Waals surface area contributed by atoms with Crippen LogP contribution in [0.3, 0.4) is 0 Å². The minimum Gasteiger partial charge on any atom is -0.481 e. The molecule has 0 radical (unpaired) electrons. The van der Waals surface area contributed by atoms with Gasteiger partial charge in [-0.25, -0.2) is 0 Å². The van der Waals surface area contributed by atoms with Gasteiger partial charge in [-0.1, -0.05) is 6.07 Å². The predicted octanol–water partition coefficient (Wildman–Crippen LogP) is 1.70. The Morgan fingerprint density at radius 1 is 1.57 bits per heavy atom. The molecule has 0 spiro atoms. The summed E-state index contributed by atoms with van der Waals surface area (Å²) < 4.78 is 0. The molecule has 5 nitrogen and oxygen atoms in total. The van der Waals surface area contributed by atoms with Crippen molar-refractivity contribution in [2.24, 2.45) is 5.92 Å². The molecule has 1 aliphatic rings. The second kappa shape index (κ2) is 8.10. The topological polar surface area (TPSA) is 56.7 Å². The lowest BCUT2D eigenvalue weighted by molar-refractivity contribution is -0.137. The zero-order chi connectivity index (χ0) is 15.1. The molecule has 1 aromatic heterocycles. The zero-order valence-corrected chi connectivity index (χ0v) is 12.7. The summed E-state index contributed by atoms with van der Waals surface area (Å²) in [5, 5.41) is 8.78. The third-order valence-corrected chi connectivity index (χ3v) is 3.99. The fraction of sp³-hybridized carbons (Fsp3) is 0.625. The van der Waals surface area contributed by atoms with Crippen molar-refractivity contribution in [2.45, 2.75) is 25.8 Å². The average Bonchev–Trinajstić information content (AvgIpc) is 2.46. The number of carbonyl (C=O) groups is 1. The van der Waals surface area contributed by atoms with Crippen LogP contribution in [0.15, 0.2) is 24.5 Å². The van der Waals surface area contributed by atoms with E-state index < -0.39 is 5.97 Å². The first kappa shape index (κ1) is 15.9. The van der Waals surface area contributed by atoms with E-state index in [0.717, 1.165) is 26.2 Å². The predicted molar refractivity (Wildman–Crippen MR) is 82.0 cm³/mol. The van der Waals surface area contributed by atoms with Crippen LogP contribution in [0.2, 0.25) is 0 Å². The summed E-state index contributed by atoms with van der Waals surface area (Å²) in [5.41, 5.74) is 1.23. The normalized spacial score (nSPS) is 19.8. The van der Waals surface area contributed by atoms with Crippen molar-refractivity contribution in [1.29, 1.82) is 0 Å². The summed E-state index contributed by atoms with van der Waals surface area (Å²) >= 11 is 0. The van der Waals surface area contributed by atoms with E-state index in [4.69, 9.17) is 5.11 Å². The number of piperidine rings is 1. The number of hydrogen-bond donors (Lipinski definition) is 1. The quantitative estimate of drug-likeness (QED) is 0.828. The minimum atomic E-state index is -0.703. The average molecular weight is 291 g/mol. The maximum absolute atomic E-state index is 10.7. The Morgan fingerprint density at radius 2 is 2.43 bits per heavy atom. The smallest absolute Gasteiger partial charge is 0.304 e. The number of hydrogen-bond acceptors (Lipinski definition) is 4. The van der Waals surface area contributed by atoms with Crippen molar-refractivity contribution in [2.75, 3.05) is 33.2 Å². The SMILES string of the molecule is CN(Cc1cccnc1)C[C@@H]1CCCN(CCC(=O)O)C1. The lowest BCUT2D eigenvalue weighted by Crippen LogP contribution is -2.40. The van der Waals surface area contributed by atoms with Crippen LogP contribution in [0.25, 0.3) is 0 Å². The van der Waals surface area contributed by atoms with E-state index in [1.54, 1.807) is 6.20 Å². The molecule has 21 heavy (non-hydrogen) atoms. The number of likely N-dealkylation sites (tertiary alicyclic amines) is 1. The summed E-state index contributed by atoms with van der Waals surface area (Å²) in [5.74, 6) is -0.0694. The van der Waals surface area contributed by atoms with Gasteiger partial charge >= 0.3 is 5.97 Å². The summed E-state index contributed by atoms with van der Waals surface area (Å²) in [4.78, 5) is 19.4. The molecule has 0 amide bonds. The Kier molecular flexibility index (Phi) is 6.14. The highest BCUT2D eigenvalue weighted by atomic mass is 16.4. The van der Waals surface area contributed by atoms with Gasteiger partial charge in [-0.2, -0.15) is 0 Å². The lowest BCUT2D eigenvalue weighted by Gasteiger charge is -2.34. The summed E-state index contributed by atoms with van der Waals surface area (Å²) in [6, 6.07) is 4.07. The minimum absolute atomic E-state index is 0.248. The molecule has 1 aromatic rings. The number of aromatic nitrogens is 1. The van der Waals surface area contributed by atoms with E-state index in [2.05, 4.69) is 27.9 Å². The Bertz CT molecular complexity index is 438. The van der Waals surface area contributed by atoms with Gasteiger partial charge < -0.3 is 14.9 Å². The van der Waals surface area contributed by atoms with Gasteiger partial charge in [-0.15, -0.1) is 0 Å². The standard InChI is InChI=1S/C16H25N3O2/c1-18(11-14-4-2-7-17-10-14)12-15-5-3-8-19(13-15)9-6-16(20)21/h2,4,7,10,15H,3,5-6,8-9,11-13H2,1H3,(H,20,21)/t15-/m0/s1. The van der Waals surface area contributed by atoms with Crippen LogP contribution in [0.1, 0.15) is 24.8 Å². The van der Waals surface area contributed by atoms with Crippen LogP contribution < -0.4 is 0 Å². The molecule has 0 bridgehead atoms. The number of carboxylic acid groups (broad SMARTS) is 1. The number of pyridine rings is 1. The van der Waals surface area contributed by atoms with Crippen LogP contribution in [-0.4, -0.2) is 59.1 Å². The molecule has 0 aromatic carbocycles. The second-order valence-corrected chi connectivity index (χ2v) is 6.01. The maximum Gasteiger partial charge on any atom is 0.304 e. The highest BCUT2D eigenvalue weighted by Crippen LogP contribution is 2.18. The van der Waals surface area contributed by atoms with Gasteiger partial charge in [0, 0.05) is 38.6 Å².